The molecular formula is C13H16N2O3. The number of hydrogen-bond acceptors (Lipinski definition) is 2. The van der Waals surface area contributed by atoms with Crippen molar-refractivity contribution in [3.8, 4) is 0 Å². The number of carbonyl (C=O) groups excluding carboxylic acids is 1. The van der Waals surface area contributed by atoms with E-state index in [1.165, 1.54) is 0 Å². The van der Waals surface area contributed by atoms with Gasteiger partial charge in [-0.2, -0.15) is 0 Å². The Bertz CT molecular complexity index is 473. The van der Waals surface area contributed by atoms with Crippen LogP contribution in [0.15, 0.2) is 24.3 Å². The maximum Gasteiger partial charge on any atom is 0.335 e. The van der Waals surface area contributed by atoms with E-state index in [1.807, 2.05) is 13.0 Å². The number of carboxylic acid groups (broad SMARTS) is 1. The van der Waals surface area contributed by atoms with Crippen LogP contribution in [0.5, 0.6) is 0 Å². The summed E-state index contributed by atoms with van der Waals surface area (Å²) in [5.41, 5.74) is 1.10. The first-order valence-corrected chi connectivity index (χ1v) is 5.98. The van der Waals surface area contributed by atoms with Crippen LogP contribution in [0, 0.1) is 0 Å². The maximum absolute atomic E-state index is 11.9. The molecule has 1 aromatic rings. The summed E-state index contributed by atoms with van der Waals surface area (Å²) in [6.45, 7) is 4.57. The zero-order chi connectivity index (χ0) is 13.1. The molecule has 1 saturated heterocycles. The predicted molar refractivity (Wildman–Crippen MR) is 66.5 cm³/mol. The lowest BCUT2D eigenvalue weighted by molar-refractivity contribution is 0.0696. The highest BCUT2D eigenvalue weighted by molar-refractivity contribution is 5.87. The highest BCUT2D eigenvalue weighted by Gasteiger charge is 2.26. The zero-order valence-electron chi connectivity index (χ0n) is 10.3. The summed E-state index contributed by atoms with van der Waals surface area (Å²) in [6.07, 6.45) is 0. The standard InChI is InChI=1S/C13H16N2O3/c1-2-14-6-7-15(13(14)18)9-10-4-3-5-11(8-10)12(16)17/h3-5,8H,2,6-7,9H2,1H3,(H,16,17). The van der Waals surface area contributed by atoms with E-state index in [1.54, 1.807) is 28.0 Å². The van der Waals surface area contributed by atoms with E-state index in [9.17, 15) is 9.59 Å². The SMILES string of the molecule is CCN1CCN(Cc2cccc(C(=O)O)c2)C1=O. The highest BCUT2D eigenvalue weighted by Crippen LogP contribution is 2.14. The van der Waals surface area contributed by atoms with Crippen LogP contribution in [0.4, 0.5) is 4.79 Å². The van der Waals surface area contributed by atoms with Gasteiger partial charge in [-0.25, -0.2) is 9.59 Å². The summed E-state index contributed by atoms with van der Waals surface area (Å²) in [6, 6.07) is 6.74. The Morgan fingerprint density at radius 1 is 1.33 bits per heavy atom. The van der Waals surface area contributed by atoms with Crippen LogP contribution in [0.2, 0.25) is 0 Å². The summed E-state index contributed by atoms with van der Waals surface area (Å²) in [5, 5.41) is 8.91. The van der Waals surface area contributed by atoms with E-state index < -0.39 is 5.97 Å². The Balaban J connectivity index is 2.08. The van der Waals surface area contributed by atoms with Gasteiger partial charge in [-0.1, -0.05) is 12.1 Å². The molecule has 1 N–H and O–H groups in total. The Labute approximate surface area is 106 Å². The maximum atomic E-state index is 11.9. The van der Waals surface area contributed by atoms with Crippen LogP contribution in [-0.2, 0) is 6.54 Å². The molecule has 0 saturated carbocycles. The lowest BCUT2D eigenvalue weighted by Crippen LogP contribution is -2.31. The number of carbonyl (C=O) groups is 2. The number of carboxylic acids is 1. The van der Waals surface area contributed by atoms with Crippen molar-refractivity contribution < 1.29 is 14.7 Å². The molecule has 1 aromatic carbocycles. The molecule has 0 bridgehead atoms. The van der Waals surface area contributed by atoms with Crippen molar-refractivity contribution in [1.29, 1.82) is 0 Å². The van der Waals surface area contributed by atoms with Crippen LogP contribution >= 0.6 is 0 Å². The Hall–Kier alpha value is -2.04. The quantitative estimate of drug-likeness (QED) is 0.881. The van der Waals surface area contributed by atoms with Crippen molar-refractivity contribution >= 4 is 12.0 Å². The molecular weight excluding hydrogens is 232 g/mol. The third-order valence-electron chi connectivity index (χ3n) is 3.11. The molecule has 18 heavy (non-hydrogen) atoms. The molecule has 0 unspecified atom stereocenters. The molecule has 5 nitrogen and oxygen atoms in total. The summed E-state index contributed by atoms with van der Waals surface area (Å²) in [4.78, 5) is 26.3. The Morgan fingerprint density at radius 2 is 2.06 bits per heavy atom. The number of amides is 2. The zero-order valence-corrected chi connectivity index (χ0v) is 10.3. The second kappa shape index (κ2) is 5.08. The fourth-order valence-electron chi connectivity index (χ4n) is 2.10. The lowest BCUT2D eigenvalue weighted by Gasteiger charge is -2.17. The van der Waals surface area contributed by atoms with Gasteiger partial charge in [0, 0.05) is 26.2 Å². The average Bonchev–Trinajstić information content (AvgIpc) is 2.71. The van der Waals surface area contributed by atoms with Gasteiger partial charge in [-0.15, -0.1) is 0 Å². The van der Waals surface area contributed by atoms with Crippen LogP contribution in [0.3, 0.4) is 0 Å². The first kappa shape index (κ1) is 12.4. The topological polar surface area (TPSA) is 60.9 Å². The van der Waals surface area contributed by atoms with E-state index in [-0.39, 0.29) is 11.6 Å². The monoisotopic (exact) mass is 248 g/mol. The van der Waals surface area contributed by atoms with E-state index in [0.717, 1.165) is 12.1 Å². The largest absolute Gasteiger partial charge is 0.478 e. The molecule has 1 aliphatic rings. The number of rotatable bonds is 4. The molecule has 1 fully saturated rings. The van der Waals surface area contributed by atoms with Crippen molar-refractivity contribution in [2.45, 2.75) is 13.5 Å². The van der Waals surface area contributed by atoms with Gasteiger partial charge in [-0.05, 0) is 24.6 Å². The van der Waals surface area contributed by atoms with Crippen molar-refractivity contribution in [1.82, 2.24) is 9.80 Å². The van der Waals surface area contributed by atoms with E-state index in [2.05, 4.69) is 0 Å². The molecule has 0 radical (unpaired) electrons. The lowest BCUT2D eigenvalue weighted by atomic mass is 10.1. The molecule has 2 amide bonds. The van der Waals surface area contributed by atoms with Crippen LogP contribution in [0.25, 0.3) is 0 Å². The first-order chi connectivity index (χ1) is 8.61. The van der Waals surface area contributed by atoms with Crippen molar-refractivity contribution in [3.05, 3.63) is 35.4 Å². The van der Waals surface area contributed by atoms with E-state index >= 15 is 0 Å². The molecule has 0 atom stereocenters. The Kier molecular flexibility index (Phi) is 3.50. The minimum atomic E-state index is -0.945. The summed E-state index contributed by atoms with van der Waals surface area (Å²) < 4.78 is 0. The predicted octanol–water partition coefficient (Wildman–Crippen LogP) is 1.64. The molecule has 5 heteroatoms. The molecule has 1 aliphatic heterocycles. The molecule has 2 rings (SSSR count). The van der Waals surface area contributed by atoms with Crippen LogP contribution in [-0.4, -0.2) is 46.5 Å². The number of aromatic carboxylic acids is 1. The fraction of sp³-hybridized carbons (Fsp3) is 0.385. The minimum absolute atomic E-state index is 0.0261. The molecule has 96 valence electrons. The Morgan fingerprint density at radius 3 is 2.67 bits per heavy atom. The van der Waals surface area contributed by atoms with Crippen molar-refractivity contribution in [2.24, 2.45) is 0 Å². The van der Waals surface area contributed by atoms with E-state index in [0.29, 0.717) is 19.6 Å². The van der Waals surface area contributed by atoms with Gasteiger partial charge in [0.15, 0.2) is 0 Å². The first-order valence-electron chi connectivity index (χ1n) is 5.98. The molecule has 0 spiro atoms. The fourth-order valence-corrected chi connectivity index (χ4v) is 2.10. The minimum Gasteiger partial charge on any atom is -0.478 e. The smallest absolute Gasteiger partial charge is 0.335 e. The van der Waals surface area contributed by atoms with Gasteiger partial charge in [0.25, 0.3) is 0 Å². The number of likely N-dealkylation sites (N-methyl/N-ethyl adjacent to an activating group) is 1. The molecule has 0 aliphatic carbocycles. The second-order valence-corrected chi connectivity index (χ2v) is 4.29. The van der Waals surface area contributed by atoms with Crippen LogP contribution < -0.4 is 0 Å². The average molecular weight is 248 g/mol. The van der Waals surface area contributed by atoms with Gasteiger partial charge in [0.1, 0.15) is 0 Å². The van der Waals surface area contributed by atoms with Gasteiger partial charge >= 0.3 is 12.0 Å². The normalized spacial score (nSPS) is 15.3. The van der Waals surface area contributed by atoms with Crippen molar-refractivity contribution in [2.75, 3.05) is 19.6 Å². The molecule has 0 aromatic heterocycles. The summed E-state index contributed by atoms with van der Waals surface area (Å²) in [7, 11) is 0. The third-order valence-corrected chi connectivity index (χ3v) is 3.11. The highest BCUT2D eigenvalue weighted by atomic mass is 16.4. The van der Waals surface area contributed by atoms with Gasteiger partial charge in [0.2, 0.25) is 0 Å². The number of benzene rings is 1. The van der Waals surface area contributed by atoms with E-state index in [4.69, 9.17) is 5.11 Å². The number of urea groups is 1. The second-order valence-electron chi connectivity index (χ2n) is 4.29. The van der Waals surface area contributed by atoms with Gasteiger partial charge < -0.3 is 14.9 Å². The number of hydrogen-bond donors (Lipinski definition) is 1. The van der Waals surface area contributed by atoms with Crippen molar-refractivity contribution in [3.63, 3.8) is 0 Å². The van der Waals surface area contributed by atoms with Gasteiger partial charge in [-0.3, -0.25) is 0 Å². The summed E-state index contributed by atoms with van der Waals surface area (Å²) >= 11 is 0. The number of nitrogens with zero attached hydrogens (tertiary/aromatic N) is 2. The third kappa shape index (κ3) is 2.45. The summed E-state index contributed by atoms with van der Waals surface area (Å²) in [5.74, 6) is -0.945. The van der Waals surface area contributed by atoms with Gasteiger partial charge in [0.05, 0.1) is 5.56 Å². The van der Waals surface area contributed by atoms with Crippen LogP contribution in [0.1, 0.15) is 22.8 Å². The molecule has 1 heterocycles.